The second-order valence-corrected chi connectivity index (χ2v) is 11.0. The van der Waals surface area contributed by atoms with E-state index in [1.54, 1.807) is 12.7 Å². The Hall–Kier alpha value is -1.01. The van der Waals surface area contributed by atoms with Crippen LogP contribution >= 0.6 is 12.4 Å². The Morgan fingerprint density at radius 1 is 0.857 bits per heavy atom. The molecular formula is C29H50ClN3O2. The average Bonchev–Trinajstić information content (AvgIpc) is 2.92. The molecule has 1 aromatic rings. The average molecular weight is 508 g/mol. The van der Waals surface area contributed by atoms with Crippen LogP contribution in [0.25, 0.3) is 0 Å². The third-order valence-corrected chi connectivity index (χ3v) is 9.46. The van der Waals surface area contributed by atoms with E-state index in [0.29, 0.717) is 17.4 Å². The van der Waals surface area contributed by atoms with E-state index < -0.39 is 0 Å². The van der Waals surface area contributed by atoms with E-state index >= 15 is 0 Å². The van der Waals surface area contributed by atoms with Crippen molar-refractivity contribution in [2.45, 2.75) is 77.2 Å². The second-order valence-electron chi connectivity index (χ2n) is 11.0. The van der Waals surface area contributed by atoms with Crippen LogP contribution in [0.1, 0.15) is 76.7 Å². The van der Waals surface area contributed by atoms with Gasteiger partial charge in [0.15, 0.2) is 0 Å². The number of ether oxygens (including phenoxy) is 2. The molecule has 0 amide bonds. The van der Waals surface area contributed by atoms with Gasteiger partial charge in [0.1, 0.15) is 0 Å². The number of anilines is 2. The number of methoxy groups -OCH3 is 2. The lowest BCUT2D eigenvalue weighted by atomic mass is 9.66. The molecule has 200 valence electrons. The number of rotatable bonds is 9. The molecule has 1 aliphatic carbocycles. The molecule has 2 heterocycles. The number of benzene rings is 1. The highest BCUT2D eigenvalue weighted by molar-refractivity contribution is 5.85. The quantitative estimate of drug-likeness (QED) is 0.411. The van der Waals surface area contributed by atoms with Gasteiger partial charge >= 0.3 is 0 Å². The first-order valence-electron chi connectivity index (χ1n) is 14.0. The molecular weight excluding hydrogens is 458 g/mol. The summed E-state index contributed by atoms with van der Waals surface area (Å²) in [4.78, 5) is 7.81. The SMILES string of the molecule is CCC1(CC)CCC(c2cc(N3CCC(OC)CC3)ccc2N2CCN(CCOC)CC2)CC1.Cl. The van der Waals surface area contributed by atoms with E-state index in [1.807, 2.05) is 7.11 Å². The smallest absolute Gasteiger partial charge is 0.0605 e. The van der Waals surface area contributed by atoms with Crippen molar-refractivity contribution in [2.24, 2.45) is 5.41 Å². The molecule has 1 saturated carbocycles. The molecule has 1 aromatic carbocycles. The van der Waals surface area contributed by atoms with Crippen LogP contribution in [0.3, 0.4) is 0 Å². The van der Waals surface area contributed by atoms with Crippen molar-refractivity contribution < 1.29 is 9.47 Å². The van der Waals surface area contributed by atoms with E-state index in [-0.39, 0.29) is 12.4 Å². The van der Waals surface area contributed by atoms with Crippen LogP contribution in [-0.2, 0) is 9.47 Å². The topological polar surface area (TPSA) is 28.2 Å². The Morgan fingerprint density at radius 2 is 1.51 bits per heavy atom. The molecule has 5 nitrogen and oxygen atoms in total. The summed E-state index contributed by atoms with van der Waals surface area (Å²) in [5.41, 5.74) is 5.14. The highest BCUT2D eigenvalue weighted by Gasteiger charge is 2.34. The number of hydrogen-bond donors (Lipinski definition) is 0. The Kier molecular flexibility index (Phi) is 11.0. The summed E-state index contributed by atoms with van der Waals surface area (Å²) in [6.45, 7) is 13.4. The molecule has 0 atom stereocenters. The van der Waals surface area contributed by atoms with Crippen molar-refractivity contribution in [1.82, 2.24) is 4.90 Å². The summed E-state index contributed by atoms with van der Waals surface area (Å²) in [6, 6.07) is 7.43. The third kappa shape index (κ3) is 6.85. The van der Waals surface area contributed by atoms with Crippen LogP contribution in [0, 0.1) is 5.41 Å². The molecule has 2 aliphatic heterocycles. The van der Waals surface area contributed by atoms with Crippen molar-refractivity contribution in [3.63, 3.8) is 0 Å². The van der Waals surface area contributed by atoms with Crippen molar-refractivity contribution >= 4 is 23.8 Å². The fourth-order valence-electron chi connectivity index (χ4n) is 6.63. The summed E-state index contributed by atoms with van der Waals surface area (Å²) in [6.07, 6.45) is 10.8. The first-order valence-corrected chi connectivity index (χ1v) is 14.0. The van der Waals surface area contributed by atoms with Crippen molar-refractivity contribution in [3.05, 3.63) is 23.8 Å². The predicted octanol–water partition coefficient (Wildman–Crippen LogP) is 5.96. The Bertz CT molecular complexity index is 746. The first kappa shape index (κ1) is 28.6. The van der Waals surface area contributed by atoms with Crippen LogP contribution in [-0.4, -0.2) is 77.6 Å². The lowest BCUT2D eigenvalue weighted by molar-refractivity contribution is 0.0819. The van der Waals surface area contributed by atoms with Gasteiger partial charge in [0.05, 0.1) is 12.7 Å². The fraction of sp³-hybridized carbons (Fsp3) is 0.793. The van der Waals surface area contributed by atoms with Gasteiger partial charge in [0.25, 0.3) is 0 Å². The van der Waals surface area contributed by atoms with Crippen LogP contribution < -0.4 is 9.80 Å². The largest absolute Gasteiger partial charge is 0.383 e. The van der Waals surface area contributed by atoms with E-state index in [0.717, 1.165) is 65.3 Å². The molecule has 0 aromatic heterocycles. The standard InChI is InChI=1S/C29H49N3O2.ClH/c1-5-29(6-2)13-9-24(10-14-29)27-23-25(31-15-11-26(34-4)12-16-31)7-8-28(27)32-19-17-30(18-20-32)21-22-33-3;/h7-8,23-24,26H,5-6,9-22H2,1-4H3;1H. The van der Waals surface area contributed by atoms with Crippen molar-refractivity contribution in [3.8, 4) is 0 Å². The van der Waals surface area contributed by atoms with E-state index in [2.05, 4.69) is 46.7 Å². The lowest BCUT2D eigenvalue weighted by Gasteiger charge is -2.42. The van der Waals surface area contributed by atoms with Gasteiger partial charge in [-0.1, -0.05) is 26.7 Å². The molecule has 2 saturated heterocycles. The Balaban J connectivity index is 0.00000342. The molecule has 6 heteroatoms. The summed E-state index contributed by atoms with van der Waals surface area (Å²) in [7, 11) is 3.66. The van der Waals surface area contributed by atoms with Crippen LogP contribution in [0.4, 0.5) is 11.4 Å². The summed E-state index contributed by atoms with van der Waals surface area (Å²) < 4.78 is 10.9. The second kappa shape index (κ2) is 13.5. The van der Waals surface area contributed by atoms with Gasteiger partial charge in [-0.25, -0.2) is 0 Å². The van der Waals surface area contributed by atoms with Gasteiger partial charge < -0.3 is 19.3 Å². The molecule has 3 fully saturated rings. The van der Waals surface area contributed by atoms with Gasteiger partial charge in [0.2, 0.25) is 0 Å². The number of piperidine rings is 1. The minimum absolute atomic E-state index is 0. The van der Waals surface area contributed by atoms with E-state index in [4.69, 9.17) is 9.47 Å². The highest BCUT2D eigenvalue weighted by Crippen LogP contribution is 2.49. The third-order valence-electron chi connectivity index (χ3n) is 9.46. The molecule has 0 spiro atoms. The maximum absolute atomic E-state index is 5.62. The lowest BCUT2D eigenvalue weighted by Crippen LogP contribution is -2.47. The normalized spacial score (nSPS) is 22.3. The molecule has 3 aliphatic rings. The zero-order valence-electron chi connectivity index (χ0n) is 22.8. The highest BCUT2D eigenvalue weighted by atomic mass is 35.5. The first-order chi connectivity index (χ1) is 16.6. The molecule has 0 N–H and O–H groups in total. The molecule has 4 rings (SSSR count). The van der Waals surface area contributed by atoms with Crippen LogP contribution in [0.2, 0.25) is 0 Å². The number of halogens is 1. The monoisotopic (exact) mass is 507 g/mol. The van der Waals surface area contributed by atoms with Gasteiger partial charge in [0, 0.05) is 71.4 Å². The molecule has 0 radical (unpaired) electrons. The summed E-state index contributed by atoms with van der Waals surface area (Å²) in [5, 5.41) is 0. The van der Waals surface area contributed by atoms with Gasteiger partial charge in [-0.3, -0.25) is 4.90 Å². The zero-order valence-corrected chi connectivity index (χ0v) is 23.6. The summed E-state index contributed by atoms with van der Waals surface area (Å²) in [5.74, 6) is 0.698. The van der Waals surface area contributed by atoms with E-state index in [1.165, 1.54) is 49.9 Å². The maximum Gasteiger partial charge on any atom is 0.0605 e. The van der Waals surface area contributed by atoms with Crippen LogP contribution in [0.15, 0.2) is 18.2 Å². The van der Waals surface area contributed by atoms with E-state index in [9.17, 15) is 0 Å². The molecule has 0 unspecified atom stereocenters. The minimum Gasteiger partial charge on any atom is -0.383 e. The Morgan fingerprint density at radius 3 is 2.09 bits per heavy atom. The number of nitrogens with zero attached hydrogens (tertiary/aromatic N) is 3. The number of piperazine rings is 1. The number of hydrogen-bond acceptors (Lipinski definition) is 5. The van der Waals surface area contributed by atoms with Gasteiger partial charge in [-0.15, -0.1) is 12.4 Å². The minimum atomic E-state index is 0. The maximum atomic E-state index is 5.62. The van der Waals surface area contributed by atoms with Gasteiger partial charge in [-0.2, -0.15) is 0 Å². The molecule has 0 bridgehead atoms. The van der Waals surface area contributed by atoms with Crippen molar-refractivity contribution in [1.29, 1.82) is 0 Å². The Labute approximate surface area is 220 Å². The predicted molar refractivity (Wildman–Crippen MR) is 151 cm³/mol. The zero-order chi connectivity index (χ0) is 24.0. The molecule has 35 heavy (non-hydrogen) atoms. The van der Waals surface area contributed by atoms with Crippen LogP contribution in [0.5, 0.6) is 0 Å². The van der Waals surface area contributed by atoms with Crippen molar-refractivity contribution in [2.75, 3.05) is 76.4 Å². The fourth-order valence-corrected chi connectivity index (χ4v) is 6.63. The van der Waals surface area contributed by atoms with Gasteiger partial charge in [-0.05, 0) is 73.6 Å². The summed E-state index contributed by atoms with van der Waals surface area (Å²) >= 11 is 0.